The van der Waals surface area contributed by atoms with Crippen molar-refractivity contribution in [2.45, 2.75) is 63.4 Å². The number of ether oxygens (including phenoxy) is 3. The van der Waals surface area contributed by atoms with E-state index in [1.165, 1.54) is 16.0 Å². The number of carbonyl (C=O) groups is 2. The lowest BCUT2D eigenvalue weighted by molar-refractivity contribution is 0.0102. The molecule has 6 atom stereocenters. The summed E-state index contributed by atoms with van der Waals surface area (Å²) in [5, 5.41) is 0.743. The number of rotatable bonds is 2. The summed E-state index contributed by atoms with van der Waals surface area (Å²) in [5.74, 6) is 0.729. The first-order chi connectivity index (χ1) is 23.6. The van der Waals surface area contributed by atoms with E-state index < -0.39 is 21.9 Å². The predicted molar refractivity (Wildman–Crippen MR) is 191 cm³/mol. The zero-order valence-corrected chi connectivity index (χ0v) is 30.0. The van der Waals surface area contributed by atoms with Crippen LogP contribution in [0.1, 0.15) is 66.9 Å². The number of anilines is 1. The van der Waals surface area contributed by atoms with Crippen molar-refractivity contribution >= 4 is 39.1 Å². The van der Waals surface area contributed by atoms with Gasteiger partial charge in [0, 0.05) is 42.7 Å². The van der Waals surface area contributed by atoms with Gasteiger partial charge in [-0.1, -0.05) is 36.7 Å². The van der Waals surface area contributed by atoms with Gasteiger partial charge < -0.3 is 24.0 Å². The number of benzene rings is 2. The minimum absolute atomic E-state index is 0.0271. The molecule has 2 aromatic carbocycles. The van der Waals surface area contributed by atoms with Gasteiger partial charge in [-0.15, -0.1) is 4.36 Å². The molecule has 1 unspecified atom stereocenters. The number of amides is 3. The third-order valence-electron chi connectivity index (χ3n) is 11.0. The van der Waals surface area contributed by atoms with Gasteiger partial charge in [0.05, 0.1) is 30.8 Å². The second kappa shape index (κ2) is 14.2. The molecule has 49 heavy (non-hydrogen) atoms. The molecule has 10 nitrogen and oxygen atoms in total. The van der Waals surface area contributed by atoms with E-state index in [2.05, 4.69) is 38.3 Å². The van der Waals surface area contributed by atoms with E-state index >= 15 is 0 Å². The molecule has 1 saturated carbocycles. The standard InChI is InChI=1S/C37H47ClN4O6S/c1-25-6-3-8-33(46-2)30-12-9-28(30)20-42-22-37(15-4-7-26-18-29(38)11-13-31(26)37)23-48-34-14-10-27(19-32(34)42)35(43)39-49(45,21-25)40-36(44)41-16-5-17-47-24-41/h3,8,10-11,13-14,18-19,25,28,30,33H,4-7,9,12,15-17,20-24H2,1-2H3,(H,39,40,43,44,45)/b8-3+/t25-,28-,30+,33-,37-,49?/m0/s1. The average molecular weight is 711 g/mol. The zero-order chi connectivity index (χ0) is 34.2. The highest BCUT2D eigenvalue weighted by molar-refractivity contribution is 7.92. The van der Waals surface area contributed by atoms with Crippen LogP contribution in [0.15, 0.2) is 52.9 Å². The smallest absolute Gasteiger partial charge is 0.331 e. The topological polar surface area (TPSA) is 110 Å². The van der Waals surface area contributed by atoms with Crippen LogP contribution >= 0.6 is 11.6 Å². The Bertz CT molecular complexity index is 1740. The summed E-state index contributed by atoms with van der Waals surface area (Å²) in [6.45, 7) is 5.14. The molecule has 7 rings (SSSR count). The largest absolute Gasteiger partial charge is 0.490 e. The van der Waals surface area contributed by atoms with E-state index in [-0.39, 0.29) is 29.9 Å². The molecule has 12 heteroatoms. The maximum atomic E-state index is 14.4. The Hall–Kier alpha value is -3.12. The number of carbonyl (C=O) groups excluding carboxylic acids is 2. The Labute approximate surface area is 294 Å². The monoisotopic (exact) mass is 710 g/mol. The quantitative estimate of drug-likeness (QED) is 0.361. The third kappa shape index (κ3) is 7.22. The number of urea groups is 1. The number of halogens is 1. The molecule has 2 aliphatic carbocycles. The Balaban J connectivity index is 1.29. The van der Waals surface area contributed by atoms with E-state index in [0.717, 1.165) is 55.9 Å². The predicted octanol–water partition coefficient (Wildman–Crippen LogP) is 6.36. The maximum absolute atomic E-state index is 14.4. The van der Waals surface area contributed by atoms with E-state index in [1.54, 1.807) is 13.2 Å². The molecule has 1 spiro atoms. The fourth-order valence-corrected chi connectivity index (χ4v) is 10.4. The molecule has 2 bridgehead atoms. The molecule has 3 aliphatic heterocycles. The van der Waals surface area contributed by atoms with Crippen LogP contribution in [-0.4, -0.2) is 79.6 Å². The molecule has 5 aliphatic rings. The second-order valence-corrected chi connectivity index (χ2v) is 17.0. The number of allylic oxidation sites excluding steroid dienone is 1. The molecule has 1 N–H and O–H groups in total. The van der Waals surface area contributed by atoms with Gasteiger partial charge in [-0.25, -0.2) is 13.7 Å². The van der Waals surface area contributed by atoms with Crippen molar-refractivity contribution in [3.8, 4) is 5.75 Å². The molecular formula is C37H47ClN4O6S. The van der Waals surface area contributed by atoms with Gasteiger partial charge in [0.15, 0.2) is 0 Å². The van der Waals surface area contributed by atoms with Crippen LogP contribution < -0.4 is 14.4 Å². The molecule has 0 radical (unpaired) electrons. The van der Waals surface area contributed by atoms with Crippen LogP contribution in [0.4, 0.5) is 10.5 Å². The summed E-state index contributed by atoms with van der Waals surface area (Å²) in [5.41, 5.74) is 3.43. The summed E-state index contributed by atoms with van der Waals surface area (Å²) >= 11 is 6.45. The highest BCUT2D eigenvalue weighted by Crippen LogP contribution is 2.47. The van der Waals surface area contributed by atoms with Crippen LogP contribution in [0.5, 0.6) is 5.75 Å². The zero-order valence-electron chi connectivity index (χ0n) is 28.4. The van der Waals surface area contributed by atoms with Crippen LogP contribution in [-0.2, 0) is 31.2 Å². The first kappa shape index (κ1) is 34.3. The molecule has 0 aromatic heterocycles. The van der Waals surface area contributed by atoms with Crippen molar-refractivity contribution in [3.63, 3.8) is 0 Å². The van der Waals surface area contributed by atoms with Crippen LogP contribution in [0.3, 0.4) is 0 Å². The fraction of sp³-hybridized carbons (Fsp3) is 0.568. The van der Waals surface area contributed by atoms with E-state index in [4.69, 9.17) is 25.8 Å². The number of nitrogens with zero attached hydrogens (tertiary/aromatic N) is 3. The molecular weight excluding hydrogens is 664 g/mol. The Morgan fingerprint density at radius 1 is 1.18 bits per heavy atom. The maximum Gasteiger partial charge on any atom is 0.331 e. The number of methoxy groups -OCH3 is 1. The highest BCUT2D eigenvalue weighted by Gasteiger charge is 2.44. The van der Waals surface area contributed by atoms with Crippen molar-refractivity contribution in [2.24, 2.45) is 22.1 Å². The highest BCUT2D eigenvalue weighted by atomic mass is 35.5. The van der Waals surface area contributed by atoms with E-state index in [1.807, 2.05) is 25.1 Å². The lowest BCUT2D eigenvalue weighted by Crippen LogP contribution is -2.49. The minimum Gasteiger partial charge on any atom is -0.490 e. The molecule has 2 fully saturated rings. The van der Waals surface area contributed by atoms with E-state index in [0.29, 0.717) is 55.7 Å². The van der Waals surface area contributed by atoms with Gasteiger partial charge in [-0.3, -0.25) is 4.79 Å². The summed E-state index contributed by atoms with van der Waals surface area (Å²) in [7, 11) is -1.72. The summed E-state index contributed by atoms with van der Waals surface area (Å²) in [4.78, 5) is 31.0. The number of aryl methyl sites for hydroxylation is 1. The normalized spacial score (nSPS) is 32.4. The number of hydrogen-bond acceptors (Lipinski definition) is 7. The number of hydrogen-bond donors (Lipinski definition) is 1. The lowest BCUT2D eigenvalue weighted by Gasteiger charge is -2.46. The summed E-state index contributed by atoms with van der Waals surface area (Å²) in [6.07, 6.45) is 10.6. The fourth-order valence-electron chi connectivity index (χ4n) is 8.33. The molecule has 264 valence electrons. The van der Waals surface area contributed by atoms with Gasteiger partial charge >= 0.3 is 6.03 Å². The van der Waals surface area contributed by atoms with E-state index in [9.17, 15) is 13.8 Å². The minimum atomic E-state index is -3.48. The second-order valence-electron chi connectivity index (χ2n) is 14.5. The lowest BCUT2D eigenvalue weighted by atomic mass is 9.68. The average Bonchev–Trinajstić information content (AvgIpc) is 3.22. The number of nitrogens with one attached hydrogen (secondary N) is 1. The van der Waals surface area contributed by atoms with Crippen molar-refractivity contribution in [1.29, 1.82) is 0 Å². The van der Waals surface area contributed by atoms with Crippen molar-refractivity contribution in [2.75, 3.05) is 57.3 Å². The molecule has 3 amide bonds. The first-order valence-corrected chi connectivity index (χ1v) is 19.7. The van der Waals surface area contributed by atoms with Gasteiger partial charge in [0.2, 0.25) is 0 Å². The Kier molecular flexibility index (Phi) is 9.98. The summed E-state index contributed by atoms with van der Waals surface area (Å²) < 4.78 is 39.5. The number of fused-ring (bicyclic) bond motifs is 4. The Morgan fingerprint density at radius 2 is 2.06 bits per heavy atom. The van der Waals surface area contributed by atoms with Crippen molar-refractivity contribution < 1.29 is 28.0 Å². The van der Waals surface area contributed by atoms with Crippen LogP contribution in [0.25, 0.3) is 0 Å². The van der Waals surface area contributed by atoms with Gasteiger partial charge in [-0.2, -0.15) is 0 Å². The van der Waals surface area contributed by atoms with Crippen molar-refractivity contribution in [1.82, 2.24) is 9.62 Å². The van der Waals surface area contributed by atoms with Gasteiger partial charge in [0.25, 0.3) is 5.91 Å². The van der Waals surface area contributed by atoms with Gasteiger partial charge in [0.1, 0.15) is 22.4 Å². The van der Waals surface area contributed by atoms with Crippen LogP contribution in [0.2, 0.25) is 5.02 Å². The molecule has 1 saturated heterocycles. The third-order valence-corrected chi connectivity index (χ3v) is 13.2. The summed E-state index contributed by atoms with van der Waals surface area (Å²) in [6, 6.07) is 11.1. The Morgan fingerprint density at radius 3 is 2.84 bits per heavy atom. The SMILES string of the molecule is CO[C@H]1/C=C/C[C@H](C)CS(=O)(NC(=O)N2CCCOC2)=NC(=O)c2ccc3c(c2)N(C[C@@H]2CC[C@H]21)C[C@@]1(CCCc2cc(Cl)ccc21)CO3. The van der Waals surface area contributed by atoms with Gasteiger partial charge in [-0.05, 0) is 104 Å². The molecule has 2 aromatic rings. The van der Waals surface area contributed by atoms with Crippen molar-refractivity contribution in [3.05, 3.63) is 70.3 Å². The van der Waals surface area contributed by atoms with Crippen LogP contribution in [0, 0.1) is 17.8 Å². The molecule has 3 heterocycles. The first-order valence-electron chi connectivity index (χ1n) is 17.6.